The molecule has 0 heterocycles. The van der Waals surface area contributed by atoms with Crippen molar-refractivity contribution < 1.29 is 18.7 Å². The number of benzene rings is 1. The summed E-state index contributed by atoms with van der Waals surface area (Å²) in [6.07, 6.45) is -0.113. The van der Waals surface area contributed by atoms with Crippen molar-refractivity contribution in [2.24, 2.45) is 0 Å². The number of anilines is 1. The first-order valence-corrected chi connectivity index (χ1v) is 6.55. The van der Waals surface area contributed by atoms with Crippen LogP contribution in [-0.4, -0.2) is 32.1 Å². The number of aldehydes is 1. The molecule has 0 fully saturated rings. The number of amides is 1. The van der Waals surface area contributed by atoms with Gasteiger partial charge >= 0.3 is 6.09 Å². The zero-order valence-electron chi connectivity index (χ0n) is 12.9. The molecule has 1 atom stereocenters. The third-order valence-electron chi connectivity index (χ3n) is 2.62. The van der Waals surface area contributed by atoms with Crippen LogP contribution in [0, 0.1) is 5.82 Å². The van der Waals surface area contributed by atoms with Crippen LogP contribution in [-0.2, 0) is 9.53 Å². The first-order chi connectivity index (χ1) is 9.64. The van der Waals surface area contributed by atoms with Gasteiger partial charge in [0.05, 0.1) is 0 Å². The molecule has 1 amide bonds. The molecule has 0 bridgehead atoms. The topological polar surface area (TPSA) is 58.6 Å². The van der Waals surface area contributed by atoms with Gasteiger partial charge < -0.3 is 19.7 Å². The normalized spacial score (nSPS) is 12.5. The van der Waals surface area contributed by atoms with E-state index in [2.05, 4.69) is 5.32 Å². The highest BCUT2D eigenvalue weighted by Crippen LogP contribution is 2.25. The highest BCUT2D eigenvalue weighted by atomic mass is 19.1. The Kier molecular flexibility index (Phi) is 5.29. The number of hydrogen-bond donors (Lipinski definition) is 1. The van der Waals surface area contributed by atoms with Gasteiger partial charge in [-0.2, -0.15) is 0 Å². The molecule has 0 aromatic heterocycles. The SMILES string of the molecule is CN(C)c1cc(F)ccc1C(C=O)NC(=O)OC(C)(C)C. The average molecular weight is 296 g/mol. The van der Waals surface area contributed by atoms with Gasteiger partial charge in [-0.15, -0.1) is 0 Å². The minimum Gasteiger partial charge on any atom is -0.444 e. The molecule has 0 aliphatic rings. The van der Waals surface area contributed by atoms with Crippen molar-refractivity contribution in [2.75, 3.05) is 19.0 Å². The summed E-state index contributed by atoms with van der Waals surface area (Å²) in [7, 11) is 3.46. The number of carbonyl (C=O) groups excluding carboxylic acids is 2. The highest BCUT2D eigenvalue weighted by Gasteiger charge is 2.22. The summed E-state index contributed by atoms with van der Waals surface area (Å²) in [5.74, 6) is -0.413. The van der Waals surface area contributed by atoms with E-state index in [0.29, 0.717) is 17.5 Å². The predicted octanol–water partition coefficient (Wildman–Crippen LogP) is 2.66. The smallest absolute Gasteiger partial charge is 0.408 e. The van der Waals surface area contributed by atoms with Gasteiger partial charge in [-0.3, -0.25) is 0 Å². The summed E-state index contributed by atoms with van der Waals surface area (Å²) in [5, 5.41) is 2.48. The molecule has 1 aromatic rings. The molecular weight excluding hydrogens is 275 g/mol. The van der Waals surface area contributed by atoms with Crippen LogP contribution >= 0.6 is 0 Å². The van der Waals surface area contributed by atoms with Gasteiger partial charge in [0.2, 0.25) is 0 Å². The maximum atomic E-state index is 13.3. The third kappa shape index (κ3) is 5.06. The molecule has 0 saturated heterocycles. The van der Waals surface area contributed by atoms with E-state index in [1.54, 1.807) is 39.8 Å². The molecule has 116 valence electrons. The van der Waals surface area contributed by atoms with Crippen molar-refractivity contribution in [3.63, 3.8) is 0 Å². The molecule has 5 nitrogen and oxygen atoms in total. The molecule has 21 heavy (non-hydrogen) atoms. The van der Waals surface area contributed by atoms with Crippen molar-refractivity contribution in [3.05, 3.63) is 29.6 Å². The molecule has 6 heteroatoms. The Morgan fingerprint density at radius 1 is 1.38 bits per heavy atom. The quantitative estimate of drug-likeness (QED) is 0.868. The maximum Gasteiger partial charge on any atom is 0.408 e. The van der Waals surface area contributed by atoms with Gasteiger partial charge in [0.1, 0.15) is 23.7 Å². The average Bonchev–Trinajstić information content (AvgIpc) is 2.34. The molecular formula is C15H21FN2O3. The van der Waals surface area contributed by atoms with Gasteiger partial charge in [0, 0.05) is 25.3 Å². The first-order valence-electron chi connectivity index (χ1n) is 6.55. The fraction of sp³-hybridized carbons (Fsp3) is 0.467. The van der Waals surface area contributed by atoms with E-state index >= 15 is 0 Å². The van der Waals surface area contributed by atoms with Gasteiger partial charge in [-0.25, -0.2) is 9.18 Å². The number of alkyl carbamates (subject to hydrolysis) is 1. The molecule has 0 saturated carbocycles. The molecule has 0 radical (unpaired) electrons. The number of halogens is 1. The van der Waals surface area contributed by atoms with E-state index in [9.17, 15) is 14.0 Å². The largest absolute Gasteiger partial charge is 0.444 e. The summed E-state index contributed by atoms with van der Waals surface area (Å²) in [6, 6.07) is 3.12. The number of nitrogens with zero attached hydrogens (tertiary/aromatic N) is 1. The van der Waals surface area contributed by atoms with Crippen LogP contribution < -0.4 is 10.2 Å². The summed E-state index contributed by atoms with van der Waals surface area (Å²) >= 11 is 0. The predicted molar refractivity (Wildman–Crippen MR) is 78.9 cm³/mol. The first kappa shape index (κ1) is 16.9. The molecule has 0 aliphatic carbocycles. The zero-order chi connectivity index (χ0) is 16.2. The summed E-state index contributed by atoms with van der Waals surface area (Å²) in [5.41, 5.74) is 0.357. The van der Waals surface area contributed by atoms with Gasteiger partial charge in [-0.1, -0.05) is 6.07 Å². The molecule has 1 N–H and O–H groups in total. The molecule has 1 aromatic carbocycles. The van der Waals surface area contributed by atoms with Crippen LogP contribution in [0.5, 0.6) is 0 Å². The minimum absolute atomic E-state index is 0.413. The standard InChI is InChI=1S/C15H21FN2O3/c1-15(2,3)21-14(20)17-12(9-19)11-7-6-10(16)8-13(11)18(4)5/h6-9,12H,1-5H3,(H,17,20). The minimum atomic E-state index is -0.905. The van der Waals surface area contributed by atoms with Crippen molar-refractivity contribution >= 4 is 18.1 Å². The monoisotopic (exact) mass is 296 g/mol. The Morgan fingerprint density at radius 2 is 2.00 bits per heavy atom. The number of nitrogens with one attached hydrogen (secondary N) is 1. The van der Waals surface area contributed by atoms with Crippen LogP contribution in [0.1, 0.15) is 32.4 Å². The van der Waals surface area contributed by atoms with Crippen molar-refractivity contribution in [3.8, 4) is 0 Å². The Balaban J connectivity index is 3.00. The summed E-state index contributed by atoms with van der Waals surface area (Å²) in [4.78, 5) is 24.7. The van der Waals surface area contributed by atoms with E-state index in [0.717, 1.165) is 0 Å². The molecule has 0 spiro atoms. The number of hydrogen-bond acceptors (Lipinski definition) is 4. The van der Waals surface area contributed by atoms with Gasteiger partial charge in [0.15, 0.2) is 0 Å². The third-order valence-corrected chi connectivity index (χ3v) is 2.62. The van der Waals surface area contributed by atoms with Crippen LogP contribution in [0.15, 0.2) is 18.2 Å². The second kappa shape index (κ2) is 6.56. The number of carbonyl (C=O) groups is 2. The Labute approximate surface area is 124 Å². The Morgan fingerprint density at radius 3 is 2.48 bits per heavy atom. The Bertz CT molecular complexity index is 524. The lowest BCUT2D eigenvalue weighted by Gasteiger charge is -2.24. The van der Waals surface area contributed by atoms with E-state index in [1.165, 1.54) is 18.2 Å². The van der Waals surface area contributed by atoms with Crippen LogP contribution in [0.2, 0.25) is 0 Å². The van der Waals surface area contributed by atoms with Crippen molar-refractivity contribution in [2.45, 2.75) is 32.4 Å². The second-order valence-corrected chi connectivity index (χ2v) is 5.86. The number of rotatable bonds is 4. The fourth-order valence-electron chi connectivity index (χ4n) is 1.79. The lowest BCUT2D eigenvalue weighted by atomic mass is 10.0. The van der Waals surface area contributed by atoms with Crippen molar-refractivity contribution in [1.82, 2.24) is 5.32 Å². The highest BCUT2D eigenvalue weighted by molar-refractivity contribution is 5.77. The lowest BCUT2D eigenvalue weighted by Crippen LogP contribution is -2.36. The molecule has 1 rings (SSSR count). The van der Waals surface area contributed by atoms with E-state index < -0.39 is 23.6 Å². The van der Waals surface area contributed by atoms with Crippen molar-refractivity contribution in [1.29, 1.82) is 0 Å². The van der Waals surface area contributed by atoms with E-state index in [1.807, 2.05) is 0 Å². The summed E-state index contributed by atoms with van der Waals surface area (Å²) < 4.78 is 18.5. The van der Waals surface area contributed by atoms with Crippen LogP contribution in [0.4, 0.5) is 14.9 Å². The second-order valence-electron chi connectivity index (χ2n) is 5.86. The lowest BCUT2D eigenvalue weighted by molar-refractivity contribution is -0.109. The van der Waals surface area contributed by atoms with Crippen LogP contribution in [0.3, 0.4) is 0 Å². The zero-order valence-corrected chi connectivity index (χ0v) is 12.9. The fourth-order valence-corrected chi connectivity index (χ4v) is 1.79. The van der Waals surface area contributed by atoms with E-state index in [-0.39, 0.29) is 0 Å². The molecule has 1 unspecified atom stereocenters. The van der Waals surface area contributed by atoms with Gasteiger partial charge in [0.25, 0.3) is 0 Å². The van der Waals surface area contributed by atoms with Gasteiger partial charge in [-0.05, 0) is 32.9 Å². The molecule has 0 aliphatic heterocycles. The summed E-state index contributed by atoms with van der Waals surface area (Å²) in [6.45, 7) is 5.18. The maximum absolute atomic E-state index is 13.3. The van der Waals surface area contributed by atoms with E-state index in [4.69, 9.17) is 4.74 Å². The van der Waals surface area contributed by atoms with Crippen LogP contribution in [0.25, 0.3) is 0 Å². The Hall–Kier alpha value is -2.11. The number of ether oxygens (including phenoxy) is 1.